The minimum Gasteiger partial charge on any atom is -0.452 e. The molecule has 0 unspecified atom stereocenters. The molecule has 2 rings (SSSR count). The van der Waals surface area contributed by atoms with Crippen LogP contribution in [0.2, 0.25) is 0 Å². The molecule has 0 aromatic carbocycles. The number of amides is 1. The zero-order valence-electron chi connectivity index (χ0n) is 13.1. The van der Waals surface area contributed by atoms with Gasteiger partial charge in [0.25, 0.3) is 5.91 Å². The van der Waals surface area contributed by atoms with Crippen molar-refractivity contribution in [1.82, 2.24) is 5.32 Å². The van der Waals surface area contributed by atoms with Gasteiger partial charge in [0, 0.05) is 12.1 Å². The molecule has 0 spiro atoms. The fourth-order valence-electron chi connectivity index (χ4n) is 2.62. The van der Waals surface area contributed by atoms with Crippen LogP contribution in [0.1, 0.15) is 50.7 Å². The largest absolute Gasteiger partial charge is 0.452 e. The van der Waals surface area contributed by atoms with Gasteiger partial charge < -0.3 is 14.5 Å². The van der Waals surface area contributed by atoms with Crippen molar-refractivity contribution in [2.75, 3.05) is 6.61 Å². The maximum Gasteiger partial charge on any atom is 0.331 e. The van der Waals surface area contributed by atoms with Gasteiger partial charge in [-0.3, -0.25) is 4.79 Å². The molecule has 1 fully saturated rings. The number of carbonyl (C=O) groups is 2. The lowest BCUT2D eigenvalue weighted by molar-refractivity contribution is -0.144. The molecule has 1 aromatic rings. The van der Waals surface area contributed by atoms with E-state index in [1.54, 1.807) is 12.1 Å². The van der Waals surface area contributed by atoms with E-state index in [1.165, 1.54) is 31.4 Å². The Bertz CT molecular complexity index is 545. The Morgan fingerprint density at radius 3 is 2.57 bits per heavy atom. The normalized spacial score (nSPS) is 16.7. The van der Waals surface area contributed by atoms with Gasteiger partial charge in [0.05, 0.1) is 0 Å². The Kier molecular flexibility index (Phi) is 7.39. The van der Waals surface area contributed by atoms with E-state index in [1.807, 2.05) is 0 Å². The van der Waals surface area contributed by atoms with E-state index in [0.717, 1.165) is 25.7 Å². The first-order valence-corrected chi connectivity index (χ1v) is 8.82. The third-order valence-electron chi connectivity index (χ3n) is 3.79. The van der Waals surface area contributed by atoms with Gasteiger partial charge in [0.2, 0.25) is 0 Å². The molecule has 1 amide bonds. The number of ether oxygens (including phenoxy) is 1. The summed E-state index contributed by atoms with van der Waals surface area (Å²) in [6.45, 7) is -0.248. The third-order valence-corrected chi connectivity index (χ3v) is 4.22. The SMILES string of the molecule is O=C(COC(=O)/C=C/c1ccc(Br)o1)NC1CCCCCCC1. The lowest BCUT2D eigenvalue weighted by Crippen LogP contribution is -2.37. The second-order valence-corrected chi connectivity index (χ2v) is 6.47. The molecule has 0 bridgehead atoms. The number of hydrogen-bond donors (Lipinski definition) is 1. The molecule has 0 aliphatic heterocycles. The summed E-state index contributed by atoms with van der Waals surface area (Å²) in [5.74, 6) is -0.267. The quantitative estimate of drug-likeness (QED) is 0.619. The molecule has 0 radical (unpaired) electrons. The van der Waals surface area contributed by atoms with Gasteiger partial charge in [-0.2, -0.15) is 0 Å². The second kappa shape index (κ2) is 9.55. The molecule has 0 atom stereocenters. The lowest BCUT2D eigenvalue weighted by Gasteiger charge is -2.20. The number of nitrogens with one attached hydrogen (secondary N) is 1. The Balaban J connectivity index is 1.68. The highest BCUT2D eigenvalue weighted by molar-refractivity contribution is 9.10. The Morgan fingerprint density at radius 2 is 1.91 bits per heavy atom. The molecule has 126 valence electrons. The zero-order chi connectivity index (χ0) is 16.5. The van der Waals surface area contributed by atoms with E-state index in [9.17, 15) is 9.59 Å². The van der Waals surface area contributed by atoms with Crippen LogP contribution in [-0.4, -0.2) is 24.5 Å². The maximum absolute atomic E-state index is 11.9. The highest BCUT2D eigenvalue weighted by atomic mass is 79.9. The van der Waals surface area contributed by atoms with Crippen LogP contribution in [0.25, 0.3) is 6.08 Å². The Hall–Kier alpha value is -1.56. The van der Waals surface area contributed by atoms with Crippen molar-refractivity contribution in [3.05, 3.63) is 28.6 Å². The standard InChI is InChI=1S/C17H22BrNO4/c18-15-10-8-14(23-15)9-11-17(21)22-12-16(20)19-13-6-4-2-1-3-5-7-13/h8-11,13H,1-7,12H2,(H,19,20)/b11-9+. The topological polar surface area (TPSA) is 68.5 Å². The number of esters is 1. The monoisotopic (exact) mass is 383 g/mol. The first-order valence-electron chi connectivity index (χ1n) is 8.03. The van der Waals surface area contributed by atoms with E-state index in [0.29, 0.717) is 10.4 Å². The fourth-order valence-corrected chi connectivity index (χ4v) is 2.94. The van der Waals surface area contributed by atoms with Gasteiger partial charge in [-0.1, -0.05) is 32.1 Å². The van der Waals surface area contributed by atoms with Crippen LogP contribution < -0.4 is 5.32 Å². The molecular weight excluding hydrogens is 362 g/mol. The van der Waals surface area contributed by atoms with Crippen molar-refractivity contribution in [2.24, 2.45) is 0 Å². The summed E-state index contributed by atoms with van der Waals surface area (Å²) in [5.41, 5.74) is 0. The van der Waals surface area contributed by atoms with Gasteiger partial charge in [0.15, 0.2) is 11.3 Å². The summed E-state index contributed by atoms with van der Waals surface area (Å²) in [7, 11) is 0. The first kappa shape index (κ1) is 17.8. The van der Waals surface area contributed by atoms with Crippen LogP contribution in [0.15, 0.2) is 27.3 Å². The molecule has 5 nitrogen and oxygen atoms in total. The van der Waals surface area contributed by atoms with E-state index in [4.69, 9.17) is 9.15 Å². The van der Waals surface area contributed by atoms with Gasteiger partial charge in [-0.15, -0.1) is 0 Å². The van der Waals surface area contributed by atoms with Crippen LogP contribution in [0.3, 0.4) is 0 Å². The summed E-state index contributed by atoms with van der Waals surface area (Å²) in [6, 6.07) is 3.65. The van der Waals surface area contributed by atoms with Crippen molar-refractivity contribution < 1.29 is 18.7 Å². The van der Waals surface area contributed by atoms with Gasteiger partial charge in [0.1, 0.15) is 5.76 Å². The van der Waals surface area contributed by atoms with Gasteiger partial charge in [-0.05, 0) is 47.0 Å². The average molecular weight is 384 g/mol. The minimum absolute atomic E-state index is 0.206. The van der Waals surface area contributed by atoms with E-state index in [-0.39, 0.29) is 18.6 Å². The van der Waals surface area contributed by atoms with Gasteiger partial charge >= 0.3 is 5.97 Å². The molecule has 23 heavy (non-hydrogen) atoms. The van der Waals surface area contributed by atoms with Crippen molar-refractivity contribution >= 4 is 33.9 Å². The number of carbonyl (C=O) groups excluding carboxylic acids is 2. The highest BCUT2D eigenvalue weighted by Crippen LogP contribution is 2.17. The fraction of sp³-hybridized carbons (Fsp3) is 0.529. The first-order chi connectivity index (χ1) is 11.1. The second-order valence-electron chi connectivity index (χ2n) is 5.69. The van der Waals surface area contributed by atoms with Crippen molar-refractivity contribution in [2.45, 2.75) is 51.0 Å². The molecule has 1 heterocycles. The van der Waals surface area contributed by atoms with Crippen molar-refractivity contribution in [1.29, 1.82) is 0 Å². The molecule has 6 heteroatoms. The van der Waals surface area contributed by atoms with Crippen LogP contribution >= 0.6 is 15.9 Å². The summed E-state index contributed by atoms with van der Waals surface area (Å²) >= 11 is 3.18. The number of hydrogen-bond acceptors (Lipinski definition) is 4. The summed E-state index contributed by atoms with van der Waals surface area (Å²) in [5, 5.41) is 2.95. The predicted octanol–water partition coefficient (Wildman–Crippen LogP) is 3.83. The molecule has 1 aromatic heterocycles. The molecule has 1 aliphatic carbocycles. The maximum atomic E-state index is 11.9. The van der Waals surface area contributed by atoms with Gasteiger partial charge in [-0.25, -0.2) is 4.79 Å². The Labute approximate surface area is 144 Å². The molecular formula is C17H22BrNO4. The van der Waals surface area contributed by atoms with E-state index < -0.39 is 5.97 Å². The van der Waals surface area contributed by atoms with Crippen LogP contribution in [-0.2, 0) is 14.3 Å². The zero-order valence-corrected chi connectivity index (χ0v) is 14.6. The van der Waals surface area contributed by atoms with Crippen LogP contribution in [0.4, 0.5) is 0 Å². The molecule has 1 N–H and O–H groups in total. The predicted molar refractivity (Wildman–Crippen MR) is 90.7 cm³/mol. The van der Waals surface area contributed by atoms with Crippen molar-refractivity contribution in [3.8, 4) is 0 Å². The summed E-state index contributed by atoms with van der Waals surface area (Å²) in [6.07, 6.45) is 10.8. The van der Waals surface area contributed by atoms with Crippen LogP contribution in [0, 0.1) is 0 Å². The Morgan fingerprint density at radius 1 is 1.22 bits per heavy atom. The van der Waals surface area contributed by atoms with E-state index >= 15 is 0 Å². The average Bonchev–Trinajstić information content (AvgIpc) is 2.91. The summed E-state index contributed by atoms with van der Waals surface area (Å²) < 4.78 is 10.8. The summed E-state index contributed by atoms with van der Waals surface area (Å²) in [4.78, 5) is 23.4. The van der Waals surface area contributed by atoms with Crippen molar-refractivity contribution in [3.63, 3.8) is 0 Å². The third kappa shape index (κ3) is 7.03. The number of halogens is 1. The van der Waals surface area contributed by atoms with E-state index in [2.05, 4.69) is 21.2 Å². The molecule has 1 saturated carbocycles. The number of furan rings is 1. The van der Waals surface area contributed by atoms with Crippen LogP contribution in [0.5, 0.6) is 0 Å². The lowest BCUT2D eigenvalue weighted by atomic mass is 9.97. The minimum atomic E-state index is -0.565. The number of rotatable bonds is 5. The highest BCUT2D eigenvalue weighted by Gasteiger charge is 2.14. The molecule has 0 saturated heterocycles. The smallest absolute Gasteiger partial charge is 0.331 e. The molecule has 1 aliphatic rings.